The summed E-state index contributed by atoms with van der Waals surface area (Å²) < 4.78 is 7.85. The molecule has 30 heavy (non-hydrogen) atoms. The van der Waals surface area contributed by atoms with E-state index in [2.05, 4.69) is 17.3 Å². The van der Waals surface area contributed by atoms with Crippen molar-refractivity contribution in [2.75, 3.05) is 13.1 Å². The monoisotopic (exact) mass is 410 g/mol. The Morgan fingerprint density at radius 2 is 1.87 bits per heavy atom. The van der Waals surface area contributed by atoms with Gasteiger partial charge in [0.05, 0.1) is 15.8 Å². The summed E-state index contributed by atoms with van der Waals surface area (Å²) >= 11 is 0. The first-order chi connectivity index (χ1) is 14.7. The quantitative estimate of drug-likeness (QED) is 0.241. The van der Waals surface area contributed by atoms with E-state index in [0.29, 0.717) is 17.9 Å². The molecule has 0 aliphatic rings. The van der Waals surface area contributed by atoms with Gasteiger partial charge >= 0.3 is 0 Å². The van der Waals surface area contributed by atoms with Crippen LogP contribution in [0.4, 0.5) is 5.69 Å². The molecule has 0 fully saturated rings. The van der Waals surface area contributed by atoms with Crippen LogP contribution in [0, 0.1) is 10.1 Å². The lowest BCUT2D eigenvalue weighted by molar-refractivity contribution is -0.384. The smallest absolute Gasteiger partial charge is 0.270 e. The van der Waals surface area contributed by atoms with Crippen LogP contribution >= 0.6 is 0 Å². The lowest BCUT2D eigenvalue weighted by atomic mass is 10.2. The maximum Gasteiger partial charge on any atom is 0.270 e. The van der Waals surface area contributed by atoms with Gasteiger partial charge in [-0.05, 0) is 44.0 Å². The largest absolute Gasteiger partial charge is 0.471 e. The number of aryl methyl sites for hydroxylation is 1. The summed E-state index contributed by atoms with van der Waals surface area (Å²) in [5, 5.41) is 20.0. The first kappa shape index (κ1) is 21.8. The van der Waals surface area contributed by atoms with Gasteiger partial charge in [-0.15, -0.1) is 5.10 Å². The standard InChI is InChI=1S/C23H30N4O3/c1-2-3-14-24-15-8-5-9-16-26-22-13-12-20(27(28)29)17-21(22)23(25-26)30-18-19-10-6-4-7-11-19/h4,6-7,10-13,17,24H,2-3,5,8-9,14-16,18H2,1H3. The number of non-ortho nitro benzene ring substituents is 1. The van der Waals surface area contributed by atoms with Gasteiger partial charge in [0.1, 0.15) is 6.61 Å². The fourth-order valence-electron chi connectivity index (χ4n) is 3.37. The average Bonchev–Trinajstić information content (AvgIpc) is 3.12. The van der Waals surface area contributed by atoms with Crippen molar-refractivity contribution in [1.82, 2.24) is 15.1 Å². The van der Waals surface area contributed by atoms with E-state index in [1.54, 1.807) is 12.1 Å². The van der Waals surface area contributed by atoms with Crippen LogP contribution in [0.2, 0.25) is 0 Å². The Kier molecular flexibility index (Phi) is 8.20. The van der Waals surface area contributed by atoms with Crippen LogP contribution in [0.1, 0.15) is 44.6 Å². The first-order valence-corrected chi connectivity index (χ1v) is 10.7. The lowest BCUT2D eigenvalue weighted by Gasteiger charge is -2.05. The highest BCUT2D eigenvalue weighted by molar-refractivity contribution is 5.86. The van der Waals surface area contributed by atoms with E-state index in [4.69, 9.17) is 4.74 Å². The normalized spacial score (nSPS) is 11.1. The molecule has 1 N–H and O–H groups in total. The minimum absolute atomic E-state index is 0.0461. The number of nitrogens with zero attached hydrogens (tertiary/aromatic N) is 3. The van der Waals surface area contributed by atoms with Crippen molar-refractivity contribution in [2.45, 2.75) is 52.2 Å². The van der Waals surface area contributed by atoms with Gasteiger partial charge in [-0.3, -0.25) is 14.8 Å². The molecule has 0 radical (unpaired) electrons. The van der Waals surface area contributed by atoms with Crippen molar-refractivity contribution in [3.05, 3.63) is 64.2 Å². The number of rotatable bonds is 13. The van der Waals surface area contributed by atoms with Crippen molar-refractivity contribution < 1.29 is 9.66 Å². The number of benzene rings is 2. The van der Waals surface area contributed by atoms with Gasteiger partial charge in [0.15, 0.2) is 0 Å². The highest BCUT2D eigenvalue weighted by Gasteiger charge is 2.16. The molecule has 0 amide bonds. The SMILES string of the molecule is CCCCNCCCCCn1nc(OCc2ccccc2)c2cc([N+](=O)[O-])ccc21. The summed E-state index contributed by atoms with van der Waals surface area (Å²) in [6, 6.07) is 14.7. The van der Waals surface area contributed by atoms with Crippen LogP contribution < -0.4 is 10.1 Å². The van der Waals surface area contributed by atoms with E-state index in [9.17, 15) is 10.1 Å². The molecule has 160 valence electrons. The second-order valence-electron chi connectivity index (χ2n) is 7.43. The first-order valence-electron chi connectivity index (χ1n) is 10.7. The van der Waals surface area contributed by atoms with E-state index in [1.165, 1.54) is 18.9 Å². The molecule has 7 nitrogen and oxygen atoms in total. The van der Waals surface area contributed by atoms with Crippen molar-refractivity contribution in [2.24, 2.45) is 0 Å². The van der Waals surface area contributed by atoms with E-state index in [0.717, 1.165) is 50.0 Å². The number of unbranched alkanes of at least 4 members (excludes halogenated alkanes) is 3. The summed E-state index contributed by atoms with van der Waals surface area (Å²) in [7, 11) is 0. The number of ether oxygens (including phenoxy) is 1. The molecule has 7 heteroatoms. The van der Waals surface area contributed by atoms with Gasteiger partial charge in [-0.2, -0.15) is 0 Å². The highest BCUT2D eigenvalue weighted by Crippen LogP contribution is 2.29. The van der Waals surface area contributed by atoms with Crippen LogP contribution in [0.15, 0.2) is 48.5 Å². The molecule has 0 saturated heterocycles. The average molecular weight is 411 g/mol. The Bertz CT molecular complexity index is 940. The molecule has 1 aromatic heterocycles. The summed E-state index contributed by atoms with van der Waals surface area (Å²) in [5.41, 5.74) is 1.94. The van der Waals surface area contributed by atoms with Crippen LogP contribution in [-0.4, -0.2) is 27.8 Å². The van der Waals surface area contributed by atoms with Crippen LogP contribution in [0.25, 0.3) is 10.9 Å². The second kappa shape index (κ2) is 11.3. The topological polar surface area (TPSA) is 82.2 Å². The maximum absolute atomic E-state index is 11.2. The predicted molar refractivity (Wildman–Crippen MR) is 119 cm³/mol. The zero-order valence-corrected chi connectivity index (χ0v) is 17.5. The summed E-state index contributed by atoms with van der Waals surface area (Å²) in [6.07, 6.45) is 5.67. The van der Waals surface area contributed by atoms with Crippen molar-refractivity contribution in [3.8, 4) is 5.88 Å². The molecule has 0 aliphatic heterocycles. The Hall–Kier alpha value is -2.93. The minimum atomic E-state index is -0.386. The molecule has 2 aromatic carbocycles. The van der Waals surface area contributed by atoms with Crippen LogP contribution in [0.5, 0.6) is 5.88 Å². The number of aromatic nitrogens is 2. The van der Waals surface area contributed by atoms with E-state index in [-0.39, 0.29) is 10.6 Å². The fraction of sp³-hybridized carbons (Fsp3) is 0.435. The molecule has 0 saturated carbocycles. The van der Waals surface area contributed by atoms with E-state index in [1.807, 2.05) is 35.0 Å². The fourth-order valence-corrected chi connectivity index (χ4v) is 3.37. The van der Waals surface area contributed by atoms with Gasteiger partial charge < -0.3 is 10.1 Å². The Balaban J connectivity index is 1.65. The summed E-state index contributed by atoms with van der Waals surface area (Å²) in [5.74, 6) is 0.443. The van der Waals surface area contributed by atoms with E-state index < -0.39 is 0 Å². The van der Waals surface area contributed by atoms with Gasteiger partial charge in [-0.25, -0.2) is 0 Å². The molecule has 0 bridgehead atoms. The third-order valence-electron chi connectivity index (χ3n) is 5.06. The third kappa shape index (κ3) is 6.03. The molecule has 3 rings (SSSR count). The number of fused-ring (bicyclic) bond motifs is 1. The number of hydrogen-bond acceptors (Lipinski definition) is 5. The number of nitro benzene ring substituents is 1. The molecule has 3 aromatic rings. The maximum atomic E-state index is 11.2. The second-order valence-corrected chi connectivity index (χ2v) is 7.43. The Morgan fingerprint density at radius 3 is 2.63 bits per heavy atom. The molecule has 0 atom stereocenters. The minimum Gasteiger partial charge on any atom is -0.471 e. The molecule has 0 unspecified atom stereocenters. The van der Waals surface area contributed by atoms with Crippen molar-refractivity contribution in [1.29, 1.82) is 0 Å². The van der Waals surface area contributed by atoms with Crippen molar-refractivity contribution in [3.63, 3.8) is 0 Å². The lowest BCUT2D eigenvalue weighted by Crippen LogP contribution is -2.16. The zero-order chi connectivity index (χ0) is 21.2. The molecular formula is C23H30N4O3. The van der Waals surface area contributed by atoms with Crippen LogP contribution in [-0.2, 0) is 13.2 Å². The van der Waals surface area contributed by atoms with E-state index >= 15 is 0 Å². The van der Waals surface area contributed by atoms with Gasteiger partial charge in [0.2, 0.25) is 5.88 Å². The summed E-state index contributed by atoms with van der Waals surface area (Å²) in [4.78, 5) is 10.8. The van der Waals surface area contributed by atoms with Gasteiger partial charge in [0, 0.05) is 18.7 Å². The van der Waals surface area contributed by atoms with Gasteiger partial charge in [-0.1, -0.05) is 50.1 Å². The summed E-state index contributed by atoms with van der Waals surface area (Å²) in [6.45, 7) is 5.46. The molecule has 1 heterocycles. The zero-order valence-electron chi connectivity index (χ0n) is 17.5. The third-order valence-corrected chi connectivity index (χ3v) is 5.06. The van der Waals surface area contributed by atoms with Crippen molar-refractivity contribution >= 4 is 16.6 Å². The number of hydrogen-bond donors (Lipinski definition) is 1. The molecule has 0 aliphatic carbocycles. The molecular weight excluding hydrogens is 380 g/mol. The van der Waals surface area contributed by atoms with Gasteiger partial charge in [0.25, 0.3) is 5.69 Å². The Labute approximate surface area is 177 Å². The van der Waals surface area contributed by atoms with Crippen LogP contribution in [0.3, 0.4) is 0 Å². The predicted octanol–water partition coefficient (Wildman–Crippen LogP) is 5.08. The number of nitrogens with one attached hydrogen (secondary N) is 1. The Morgan fingerprint density at radius 1 is 1.07 bits per heavy atom. The molecule has 0 spiro atoms. The number of nitro groups is 1. The highest BCUT2D eigenvalue weighted by atomic mass is 16.6.